The van der Waals surface area contributed by atoms with E-state index in [-0.39, 0.29) is 5.97 Å². The number of thioether (sulfide) groups is 1. The number of hydrogen-bond donors (Lipinski definition) is 0. The minimum Gasteiger partial charge on any atom is -0.497 e. The van der Waals surface area contributed by atoms with Gasteiger partial charge in [-0.2, -0.15) is 0 Å². The standard InChI is InChI=1S/C15H15NO3S/c1-18-13-5-7-14(8-6-13)20-10-12-4-3-11(9-16-12)15(17)19-2/h3-9H,10H2,1-2H3. The summed E-state index contributed by atoms with van der Waals surface area (Å²) >= 11 is 1.68. The molecule has 5 heteroatoms. The van der Waals surface area contributed by atoms with Crippen LogP contribution in [0.1, 0.15) is 16.1 Å². The van der Waals surface area contributed by atoms with Crippen LogP contribution in [0.4, 0.5) is 0 Å². The van der Waals surface area contributed by atoms with Gasteiger partial charge in [-0.25, -0.2) is 4.79 Å². The number of esters is 1. The van der Waals surface area contributed by atoms with E-state index in [1.165, 1.54) is 13.3 Å². The van der Waals surface area contributed by atoms with E-state index < -0.39 is 0 Å². The first-order chi connectivity index (χ1) is 9.72. The first-order valence-electron chi connectivity index (χ1n) is 6.03. The number of pyridine rings is 1. The third kappa shape index (κ3) is 3.74. The zero-order valence-corrected chi connectivity index (χ0v) is 12.1. The number of methoxy groups -OCH3 is 2. The van der Waals surface area contributed by atoms with E-state index in [2.05, 4.69) is 9.72 Å². The molecule has 0 aliphatic rings. The highest BCUT2D eigenvalue weighted by atomic mass is 32.2. The molecule has 2 rings (SSSR count). The van der Waals surface area contributed by atoms with Gasteiger partial charge in [-0.15, -0.1) is 11.8 Å². The number of aromatic nitrogens is 1. The molecule has 0 fully saturated rings. The largest absolute Gasteiger partial charge is 0.497 e. The summed E-state index contributed by atoms with van der Waals surface area (Å²) in [5.74, 6) is 1.22. The Balaban J connectivity index is 1.94. The van der Waals surface area contributed by atoms with Gasteiger partial charge in [0.25, 0.3) is 0 Å². The van der Waals surface area contributed by atoms with Crippen molar-refractivity contribution in [2.75, 3.05) is 14.2 Å². The van der Waals surface area contributed by atoms with Gasteiger partial charge in [0.15, 0.2) is 0 Å². The number of hydrogen-bond acceptors (Lipinski definition) is 5. The van der Waals surface area contributed by atoms with Gasteiger partial charge in [-0.3, -0.25) is 4.98 Å². The zero-order chi connectivity index (χ0) is 14.4. The quantitative estimate of drug-likeness (QED) is 0.625. The van der Waals surface area contributed by atoms with Crippen molar-refractivity contribution >= 4 is 17.7 Å². The third-order valence-corrected chi connectivity index (χ3v) is 3.74. The van der Waals surface area contributed by atoms with Gasteiger partial charge in [0.05, 0.1) is 25.5 Å². The summed E-state index contributed by atoms with van der Waals surface area (Å²) in [6, 6.07) is 11.4. The molecular weight excluding hydrogens is 274 g/mol. The average molecular weight is 289 g/mol. The number of benzene rings is 1. The maximum Gasteiger partial charge on any atom is 0.339 e. The number of ether oxygens (including phenoxy) is 2. The van der Waals surface area contributed by atoms with Gasteiger partial charge in [0.2, 0.25) is 0 Å². The predicted octanol–water partition coefficient (Wildman–Crippen LogP) is 3.17. The van der Waals surface area contributed by atoms with Gasteiger partial charge in [0.1, 0.15) is 5.75 Å². The van der Waals surface area contributed by atoms with Gasteiger partial charge < -0.3 is 9.47 Å². The van der Waals surface area contributed by atoms with Crippen LogP contribution in [-0.2, 0) is 10.5 Å². The molecule has 0 radical (unpaired) electrons. The van der Waals surface area contributed by atoms with Gasteiger partial charge in [-0.1, -0.05) is 0 Å². The molecule has 0 saturated heterocycles. The van der Waals surface area contributed by atoms with Gasteiger partial charge >= 0.3 is 5.97 Å². The molecule has 0 spiro atoms. The van der Waals surface area contributed by atoms with Crippen molar-refractivity contribution in [2.24, 2.45) is 0 Å². The van der Waals surface area contributed by atoms with Crippen LogP contribution in [0.25, 0.3) is 0 Å². The molecule has 0 unspecified atom stereocenters. The van der Waals surface area contributed by atoms with Crippen molar-refractivity contribution < 1.29 is 14.3 Å². The molecule has 2 aromatic rings. The molecule has 4 nitrogen and oxygen atoms in total. The molecule has 0 N–H and O–H groups in total. The lowest BCUT2D eigenvalue weighted by atomic mass is 10.2. The summed E-state index contributed by atoms with van der Waals surface area (Å²) in [5, 5.41) is 0. The lowest BCUT2D eigenvalue weighted by molar-refractivity contribution is 0.0600. The molecule has 1 aromatic heterocycles. The summed E-state index contributed by atoms with van der Waals surface area (Å²) < 4.78 is 9.74. The van der Waals surface area contributed by atoms with Crippen LogP contribution in [-0.4, -0.2) is 25.2 Å². The molecule has 20 heavy (non-hydrogen) atoms. The minimum atomic E-state index is -0.369. The van der Waals surface area contributed by atoms with E-state index in [9.17, 15) is 4.79 Å². The highest BCUT2D eigenvalue weighted by molar-refractivity contribution is 7.98. The predicted molar refractivity (Wildman–Crippen MR) is 78.1 cm³/mol. The Bertz CT molecular complexity index is 567. The Morgan fingerprint density at radius 1 is 1.15 bits per heavy atom. The fourth-order valence-electron chi connectivity index (χ4n) is 1.58. The first kappa shape index (κ1) is 14.4. The molecule has 0 saturated carbocycles. The molecule has 0 amide bonds. The van der Waals surface area contributed by atoms with Crippen molar-refractivity contribution in [1.82, 2.24) is 4.98 Å². The molecule has 0 aliphatic heterocycles. The van der Waals surface area contributed by atoms with Gasteiger partial charge in [-0.05, 0) is 36.4 Å². The van der Waals surface area contributed by atoms with E-state index in [4.69, 9.17) is 4.74 Å². The number of rotatable bonds is 5. The monoisotopic (exact) mass is 289 g/mol. The average Bonchev–Trinajstić information content (AvgIpc) is 2.53. The molecule has 0 bridgehead atoms. The van der Waals surface area contributed by atoms with Crippen molar-refractivity contribution in [3.63, 3.8) is 0 Å². The molecule has 0 atom stereocenters. The fraction of sp³-hybridized carbons (Fsp3) is 0.200. The van der Waals surface area contributed by atoms with Gasteiger partial charge in [0, 0.05) is 16.8 Å². The summed E-state index contributed by atoms with van der Waals surface area (Å²) in [6.45, 7) is 0. The van der Waals surface area contributed by atoms with Crippen molar-refractivity contribution in [2.45, 2.75) is 10.6 Å². The van der Waals surface area contributed by atoms with Crippen LogP contribution in [0, 0.1) is 0 Å². The van der Waals surface area contributed by atoms with Crippen LogP contribution < -0.4 is 4.74 Å². The highest BCUT2D eigenvalue weighted by Crippen LogP contribution is 2.24. The Morgan fingerprint density at radius 3 is 2.45 bits per heavy atom. The topological polar surface area (TPSA) is 48.4 Å². The normalized spacial score (nSPS) is 10.1. The second-order valence-corrected chi connectivity index (χ2v) is 5.04. The SMILES string of the molecule is COC(=O)c1ccc(CSc2ccc(OC)cc2)nc1. The van der Waals surface area contributed by atoms with Crippen molar-refractivity contribution in [1.29, 1.82) is 0 Å². The van der Waals surface area contributed by atoms with E-state index in [1.54, 1.807) is 24.9 Å². The second-order valence-electron chi connectivity index (χ2n) is 3.99. The summed E-state index contributed by atoms with van der Waals surface area (Å²) in [5.41, 5.74) is 1.38. The van der Waals surface area contributed by atoms with E-state index >= 15 is 0 Å². The summed E-state index contributed by atoms with van der Waals surface area (Å²) in [6.07, 6.45) is 1.54. The Morgan fingerprint density at radius 2 is 1.90 bits per heavy atom. The van der Waals surface area contributed by atoms with E-state index in [0.717, 1.165) is 22.1 Å². The maximum atomic E-state index is 11.3. The summed E-state index contributed by atoms with van der Waals surface area (Å²) in [4.78, 5) is 16.7. The Labute approximate surface area is 122 Å². The van der Waals surface area contributed by atoms with Crippen LogP contribution >= 0.6 is 11.8 Å². The zero-order valence-electron chi connectivity index (χ0n) is 11.3. The van der Waals surface area contributed by atoms with E-state index in [0.29, 0.717) is 5.56 Å². The van der Waals surface area contributed by atoms with E-state index in [1.807, 2.05) is 30.3 Å². The molecule has 0 aliphatic carbocycles. The molecule has 1 heterocycles. The Hall–Kier alpha value is -2.01. The minimum absolute atomic E-state index is 0.369. The lowest BCUT2D eigenvalue weighted by Crippen LogP contribution is -2.02. The maximum absolute atomic E-state index is 11.3. The smallest absolute Gasteiger partial charge is 0.339 e. The second kappa shape index (κ2) is 6.96. The number of carbonyl (C=O) groups excluding carboxylic acids is 1. The highest BCUT2D eigenvalue weighted by Gasteiger charge is 2.05. The van der Waals surface area contributed by atoms with Crippen molar-refractivity contribution in [3.8, 4) is 5.75 Å². The van der Waals surface area contributed by atoms with Crippen LogP contribution in [0.15, 0.2) is 47.5 Å². The first-order valence-corrected chi connectivity index (χ1v) is 7.01. The fourth-order valence-corrected chi connectivity index (χ4v) is 2.39. The summed E-state index contributed by atoms with van der Waals surface area (Å²) in [7, 11) is 3.00. The van der Waals surface area contributed by atoms with Crippen molar-refractivity contribution in [3.05, 3.63) is 53.9 Å². The van der Waals surface area contributed by atoms with Crippen LogP contribution in [0.5, 0.6) is 5.75 Å². The lowest BCUT2D eigenvalue weighted by Gasteiger charge is -2.04. The molecular formula is C15H15NO3S. The molecule has 1 aromatic carbocycles. The number of carbonyl (C=O) groups is 1. The molecule has 104 valence electrons. The number of nitrogens with zero attached hydrogens (tertiary/aromatic N) is 1. The van der Waals surface area contributed by atoms with Crippen LogP contribution in [0.2, 0.25) is 0 Å². The Kier molecular flexibility index (Phi) is 5.01. The third-order valence-electron chi connectivity index (χ3n) is 2.69. The van der Waals surface area contributed by atoms with Crippen LogP contribution in [0.3, 0.4) is 0 Å².